The van der Waals surface area contributed by atoms with Gasteiger partial charge in [-0.05, 0) is 48.9 Å². The second-order valence-corrected chi connectivity index (χ2v) is 10.1. The van der Waals surface area contributed by atoms with Gasteiger partial charge in [-0.1, -0.05) is 48.0 Å². The number of para-hydroxylation sites is 1. The van der Waals surface area contributed by atoms with E-state index in [1.54, 1.807) is 42.5 Å². The Morgan fingerprint density at radius 1 is 0.892 bits per heavy atom. The quantitative estimate of drug-likeness (QED) is 0.346. The van der Waals surface area contributed by atoms with E-state index < -0.39 is 33.8 Å². The smallest absolute Gasteiger partial charge is 0.337 e. The summed E-state index contributed by atoms with van der Waals surface area (Å²) in [6, 6.07) is 19.7. The fraction of sp³-hybridized carbons (Fsp3) is 0.148. The first kappa shape index (κ1) is 25.8. The van der Waals surface area contributed by atoms with Crippen molar-refractivity contribution >= 4 is 33.5 Å². The molecule has 0 fully saturated rings. The van der Waals surface area contributed by atoms with E-state index in [1.165, 1.54) is 50.6 Å². The third kappa shape index (κ3) is 5.30. The number of amides is 2. The zero-order valence-corrected chi connectivity index (χ0v) is 21.2. The number of ether oxygens (including phenoxy) is 1. The molecule has 1 aliphatic rings. The summed E-state index contributed by atoms with van der Waals surface area (Å²) in [5.74, 6) is -1.83. The van der Waals surface area contributed by atoms with E-state index >= 15 is 0 Å². The molecule has 4 rings (SSSR count). The van der Waals surface area contributed by atoms with Gasteiger partial charge < -0.3 is 10.1 Å². The standard InChI is InChI=1S/C27H25N3O6S/c1-17-9-15-21(16-10-17)37(34,35)29-23(18-11-13-19(14-12-18)27(33)36-3)22-24(26(32)30(2)25(22)31)28-20-7-5-4-6-8-20/h4-16,23,28-29H,1-3H3. The lowest BCUT2D eigenvalue weighted by Crippen LogP contribution is -2.34. The minimum Gasteiger partial charge on any atom is -0.465 e. The highest BCUT2D eigenvalue weighted by atomic mass is 32.2. The summed E-state index contributed by atoms with van der Waals surface area (Å²) >= 11 is 0. The van der Waals surface area contributed by atoms with Crippen molar-refractivity contribution in [2.24, 2.45) is 0 Å². The van der Waals surface area contributed by atoms with Crippen LogP contribution in [0.3, 0.4) is 0 Å². The minimum absolute atomic E-state index is 0.00224. The number of methoxy groups -OCH3 is 1. The monoisotopic (exact) mass is 519 g/mol. The summed E-state index contributed by atoms with van der Waals surface area (Å²) in [7, 11) is -1.55. The van der Waals surface area contributed by atoms with Gasteiger partial charge in [-0.15, -0.1) is 0 Å². The molecule has 0 bridgehead atoms. The summed E-state index contributed by atoms with van der Waals surface area (Å²) in [6.45, 7) is 1.83. The molecule has 190 valence electrons. The molecule has 0 aliphatic carbocycles. The van der Waals surface area contributed by atoms with Crippen LogP contribution in [0.1, 0.15) is 27.5 Å². The lowest BCUT2D eigenvalue weighted by atomic mass is 9.97. The van der Waals surface area contributed by atoms with Crippen LogP contribution in [0.2, 0.25) is 0 Å². The molecule has 1 atom stereocenters. The summed E-state index contributed by atoms with van der Waals surface area (Å²) < 4.78 is 34.1. The van der Waals surface area contributed by atoms with E-state index in [-0.39, 0.29) is 21.7 Å². The van der Waals surface area contributed by atoms with Crippen LogP contribution in [0.4, 0.5) is 5.69 Å². The van der Waals surface area contributed by atoms with E-state index in [0.717, 1.165) is 10.5 Å². The highest BCUT2D eigenvalue weighted by Crippen LogP contribution is 2.33. The van der Waals surface area contributed by atoms with Crippen molar-refractivity contribution in [3.05, 3.63) is 107 Å². The fourth-order valence-corrected chi connectivity index (χ4v) is 5.08. The van der Waals surface area contributed by atoms with Gasteiger partial charge in [-0.3, -0.25) is 14.5 Å². The molecule has 2 amide bonds. The number of imide groups is 1. The van der Waals surface area contributed by atoms with Crippen molar-refractivity contribution in [1.82, 2.24) is 9.62 Å². The van der Waals surface area contributed by atoms with Crippen LogP contribution in [0.15, 0.2) is 95.0 Å². The van der Waals surface area contributed by atoms with Crippen LogP contribution in [0.5, 0.6) is 0 Å². The molecular formula is C27H25N3O6S. The minimum atomic E-state index is -4.13. The second kappa shape index (κ2) is 10.4. The Bertz CT molecular complexity index is 1480. The van der Waals surface area contributed by atoms with Gasteiger partial charge in [0.1, 0.15) is 5.70 Å². The molecule has 0 saturated carbocycles. The molecule has 2 N–H and O–H groups in total. The number of hydrogen-bond acceptors (Lipinski definition) is 7. The molecule has 3 aromatic carbocycles. The van der Waals surface area contributed by atoms with E-state index in [2.05, 4.69) is 10.0 Å². The van der Waals surface area contributed by atoms with Crippen molar-refractivity contribution in [2.75, 3.05) is 19.5 Å². The third-order valence-corrected chi connectivity index (χ3v) is 7.36. The lowest BCUT2D eigenvalue weighted by Gasteiger charge is -2.21. The SMILES string of the molecule is COC(=O)c1ccc(C(NS(=O)(=O)c2ccc(C)cc2)C2=C(Nc3ccccc3)C(=O)N(C)C2=O)cc1. The van der Waals surface area contributed by atoms with Crippen LogP contribution in [-0.2, 0) is 24.3 Å². The maximum absolute atomic E-state index is 13.4. The largest absolute Gasteiger partial charge is 0.465 e. The molecule has 37 heavy (non-hydrogen) atoms. The van der Waals surface area contributed by atoms with Gasteiger partial charge in [-0.2, -0.15) is 4.72 Å². The average Bonchev–Trinajstić information content (AvgIpc) is 3.11. The van der Waals surface area contributed by atoms with Gasteiger partial charge in [-0.25, -0.2) is 13.2 Å². The molecule has 1 aliphatic heterocycles. The van der Waals surface area contributed by atoms with Crippen LogP contribution in [0, 0.1) is 6.92 Å². The van der Waals surface area contributed by atoms with Crippen molar-refractivity contribution < 1.29 is 27.5 Å². The Morgan fingerprint density at radius 3 is 2.11 bits per heavy atom. The first-order valence-electron chi connectivity index (χ1n) is 11.3. The van der Waals surface area contributed by atoms with E-state index in [9.17, 15) is 22.8 Å². The number of sulfonamides is 1. The van der Waals surface area contributed by atoms with E-state index in [0.29, 0.717) is 11.3 Å². The average molecular weight is 520 g/mol. The Morgan fingerprint density at radius 2 is 1.51 bits per heavy atom. The molecule has 0 saturated heterocycles. The predicted octanol–water partition coefficient (Wildman–Crippen LogP) is 3.17. The zero-order chi connectivity index (χ0) is 26.7. The van der Waals surface area contributed by atoms with Crippen LogP contribution < -0.4 is 10.0 Å². The highest BCUT2D eigenvalue weighted by Gasteiger charge is 2.42. The number of likely N-dealkylation sites (N-methyl/N-ethyl adjacent to an activating group) is 1. The first-order chi connectivity index (χ1) is 17.6. The van der Waals surface area contributed by atoms with Gasteiger partial charge in [0.15, 0.2) is 0 Å². The summed E-state index contributed by atoms with van der Waals surface area (Å²) in [5.41, 5.74) is 1.90. The fourth-order valence-electron chi connectivity index (χ4n) is 3.88. The summed E-state index contributed by atoms with van der Waals surface area (Å²) in [4.78, 5) is 39.2. The molecule has 9 nitrogen and oxygen atoms in total. The number of carbonyl (C=O) groups is 3. The normalized spacial score (nSPS) is 14.6. The molecular weight excluding hydrogens is 494 g/mol. The van der Waals surface area contributed by atoms with E-state index in [4.69, 9.17) is 4.74 Å². The molecule has 1 heterocycles. The first-order valence-corrected chi connectivity index (χ1v) is 12.8. The molecule has 10 heteroatoms. The Labute approximate surface area is 214 Å². The maximum Gasteiger partial charge on any atom is 0.337 e. The van der Waals surface area contributed by atoms with E-state index in [1.807, 2.05) is 6.92 Å². The zero-order valence-electron chi connectivity index (χ0n) is 20.4. The number of benzene rings is 3. The summed E-state index contributed by atoms with van der Waals surface area (Å²) in [6.07, 6.45) is 0. The van der Waals surface area contributed by atoms with Gasteiger partial charge in [0.05, 0.1) is 29.2 Å². The molecule has 0 aromatic heterocycles. The van der Waals surface area contributed by atoms with Gasteiger partial charge in [0.2, 0.25) is 10.0 Å². The number of hydrogen-bond donors (Lipinski definition) is 2. The van der Waals surface area contributed by atoms with Crippen molar-refractivity contribution in [3.8, 4) is 0 Å². The number of rotatable bonds is 8. The maximum atomic E-state index is 13.4. The topological polar surface area (TPSA) is 122 Å². The predicted molar refractivity (Wildman–Crippen MR) is 137 cm³/mol. The molecule has 0 spiro atoms. The summed E-state index contributed by atoms with van der Waals surface area (Å²) in [5, 5.41) is 2.98. The highest BCUT2D eigenvalue weighted by molar-refractivity contribution is 7.89. The van der Waals surface area contributed by atoms with Crippen LogP contribution in [-0.4, -0.2) is 45.3 Å². The number of anilines is 1. The van der Waals surface area contributed by atoms with Gasteiger partial charge in [0, 0.05) is 12.7 Å². The second-order valence-electron chi connectivity index (χ2n) is 8.43. The van der Waals surface area contributed by atoms with Crippen LogP contribution in [0.25, 0.3) is 0 Å². The Kier molecular flexibility index (Phi) is 7.23. The number of esters is 1. The molecule has 0 radical (unpaired) electrons. The number of nitrogens with zero attached hydrogens (tertiary/aromatic N) is 1. The Balaban J connectivity index is 1.86. The van der Waals surface area contributed by atoms with Crippen molar-refractivity contribution in [1.29, 1.82) is 0 Å². The van der Waals surface area contributed by atoms with Gasteiger partial charge in [0.25, 0.3) is 11.8 Å². The molecule has 3 aromatic rings. The number of aryl methyl sites for hydroxylation is 1. The van der Waals surface area contributed by atoms with Gasteiger partial charge >= 0.3 is 5.97 Å². The van der Waals surface area contributed by atoms with Crippen molar-refractivity contribution in [2.45, 2.75) is 17.9 Å². The lowest BCUT2D eigenvalue weighted by molar-refractivity contribution is -0.136. The molecule has 1 unspecified atom stereocenters. The Hall–Kier alpha value is -4.28. The third-order valence-electron chi connectivity index (χ3n) is 5.92. The van der Waals surface area contributed by atoms with Crippen molar-refractivity contribution in [3.63, 3.8) is 0 Å². The van der Waals surface area contributed by atoms with Crippen LogP contribution >= 0.6 is 0 Å². The number of carbonyl (C=O) groups excluding carboxylic acids is 3. The number of nitrogens with one attached hydrogen (secondary N) is 2.